The van der Waals surface area contributed by atoms with Crippen molar-refractivity contribution in [3.8, 4) is 0 Å². The van der Waals surface area contributed by atoms with Crippen LogP contribution in [-0.2, 0) is 31.5 Å². The first-order chi connectivity index (χ1) is 12.8. The van der Waals surface area contributed by atoms with Gasteiger partial charge in [0, 0.05) is 6.42 Å². The summed E-state index contributed by atoms with van der Waals surface area (Å²) in [7, 11) is -3.38. The number of rotatable bonds is 11. The number of hydrogen-bond donors (Lipinski definition) is 3. The fourth-order valence-corrected chi connectivity index (χ4v) is 4.47. The molecule has 0 aliphatic carbocycles. The van der Waals surface area contributed by atoms with E-state index in [2.05, 4.69) is 15.4 Å². The van der Waals surface area contributed by atoms with Crippen molar-refractivity contribution in [3.63, 3.8) is 0 Å². The van der Waals surface area contributed by atoms with E-state index in [4.69, 9.17) is 13.9 Å². The summed E-state index contributed by atoms with van der Waals surface area (Å²) in [6.45, 7) is 7.99. The molecule has 1 heterocycles. The summed E-state index contributed by atoms with van der Waals surface area (Å²) in [6.07, 6.45) is 0.264. The van der Waals surface area contributed by atoms with Gasteiger partial charge in [0.15, 0.2) is 5.82 Å². The molecular formula is C18H28N3O5P. The number of hydrogen-bond acceptors (Lipinski definition) is 6. The van der Waals surface area contributed by atoms with Crippen molar-refractivity contribution in [2.75, 3.05) is 18.7 Å². The Morgan fingerprint density at radius 3 is 2.30 bits per heavy atom. The second-order valence-corrected chi connectivity index (χ2v) is 9.35. The van der Waals surface area contributed by atoms with Gasteiger partial charge in [-0.1, -0.05) is 30.3 Å². The van der Waals surface area contributed by atoms with Crippen LogP contribution in [0.4, 0.5) is 5.82 Å². The molecule has 2 aromatic rings. The van der Waals surface area contributed by atoms with Gasteiger partial charge < -0.3 is 14.0 Å². The topological polar surface area (TPSA) is 105 Å². The Morgan fingerprint density at radius 1 is 1.07 bits per heavy atom. The third-order valence-corrected chi connectivity index (χ3v) is 6.85. The Balaban J connectivity index is 2.11. The van der Waals surface area contributed by atoms with Crippen LogP contribution < -0.4 is 11.2 Å². The molecule has 1 aromatic carbocycles. The highest BCUT2D eigenvalue weighted by molar-refractivity contribution is 7.55. The van der Waals surface area contributed by atoms with E-state index in [9.17, 15) is 9.36 Å². The highest BCUT2D eigenvalue weighted by Gasteiger charge is 2.44. The zero-order valence-electron chi connectivity index (χ0n) is 16.2. The predicted molar refractivity (Wildman–Crippen MR) is 105 cm³/mol. The minimum absolute atomic E-state index is 0.264. The molecule has 0 aliphatic heterocycles. The molecule has 2 rings (SSSR count). The van der Waals surface area contributed by atoms with Crippen LogP contribution in [0.25, 0.3) is 0 Å². The molecule has 150 valence electrons. The van der Waals surface area contributed by atoms with Crippen molar-refractivity contribution in [2.45, 2.75) is 45.9 Å². The molecule has 0 amide bonds. The number of nitrogens with one attached hydrogen (secondary N) is 3. The molecule has 0 saturated carbocycles. The van der Waals surface area contributed by atoms with Crippen molar-refractivity contribution in [3.05, 3.63) is 52.1 Å². The van der Waals surface area contributed by atoms with Crippen LogP contribution in [-0.4, -0.2) is 28.3 Å². The van der Waals surface area contributed by atoms with Crippen molar-refractivity contribution >= 4 is 13.4 Å². The first-order valence-electron chi connectivity index (χ1n) is 8.93. The fraction of sp³-hybridized carbons (Fsp3) is 0.500. The lowest BCUT2D eigenvalue weighted by molar-refractivity contribution is 0.178. The van der Waals surface area contributed by atoms with Crippen molar-refractivity contribution in [2.24, 2.45) is 0 Å². The van der Waals surface area contributed by atoms with Crippen LogP contribution >= 0.6 is 7.60 Å². The number of imidazole rings is 1. The smallest absolute Gasteiger partial charge is 0.308 e. The van der Waals surface area contributed by atoms with E-state index in [0.717, 1.165) is 5.56 Å². The summed E-state index contributed by atoms with van der Waals surface area (Å²) in [5, 5.41) is -0.847. The van der Waals surface area contributed by atoms with Crippen LogP contribution in [0.5, 0.6) is 0 Å². The number of H-pyrrole nitrogens is 2. The van der Waals surface area contributed by atoms with Gasteiger partial charge in [-0.15, -0.1) is 0 Å². The molecule has 1 aromatic heterocycles. The van der Waals surface area contributed by atoms with E-state index in [1.54, 1.807) is 27.7 Å². The molecule has 0 saturated heterocycles. The Bertz CT molecular complexity index is 806. The lowest BCUT2D eigenvalue weighted by atomic mass is 10.1. The lowest BCUT2D eigenvalue weighted by Crippen LogP contribution is -2.27. The van der Waals surface area contributed by atoms with Crippen molar-refractivity contribution in [1.29, 1.82) is 0 Å². The molecule has 0 spiro atoms. The quantitative estimate of drug-likeness (QED) is 0.393. The summed E-state index contributed by atoms with van der Waals surface area (Å²) in [5.74, 6) is 0.392. The highest BCUT2D eigenvalue weighted by atomic mass is 31.2. The third-order valence-electron chi connectivity index (χ3n) is 4.01. The Hall–Kier alpha value is -1.86. The van der Waals surface area contributed by atoms with Gasteiger partial charge in [0.25, 0.3) is 0 Å². The summed E-state index contributed by atoms with van der Waals surface area (Å²) in [4.78, 5) is 22.6. The van der Waals surface area contributed by atoms with E-state index in [0.29, 0.717) is 18.1 Å². The summed E-state index contributed by atoms with van der Waals surface area (Å²) in [6, 6.07) is 9.64. The maximum absolute atomic E-state index is 13.2. The third kappa shape index (κ3) is 5.56. The van der Waals surface area contributed by atoms with Gasteiger partial charge in [-0.3, -0.25) is 14.4 Å². The van der Waals surface area contributed by atoms with Crippen LogP contribution in [0.2, 0.25) is 0 Å². The second-order valence-electron chi connectivity index (χ2n) is 6.63. The molecular weight excluding hydrogens is 369 g/mol. The van der Waals surface area contributed by atoms with Crippen molar-refractivity contribution < 1.29 is 18.5 Å². The van der Waals surface area contributed by atoms with Gasteiger partial charge in [-0.25, -0.2) is 10.3 Å². The minimum atomic E-state index is -3.38. The van der Waals surface area contributed by atoms with E-state index in [1.807, 2.05) is 30.3 Å². The van der Waals surface area contributed by atoms with Gasteiger partial charge in [0.1, 0.15) is 0 Å². The Morgan fingerprint density at radius 2 is 1.70 bits per heavy atom. The van der Waals surface area contributed by atoms with E-state index < -0.39 is 12.8 Å². The summed E-state index contributed by atoms with van der Waals surface area (Å²) >= 11 is 0. The molecule has 0 radical (unpaired) electrons. The molecule has 8 nitrogen and oxygen atoms in total. The molecule has 0 bridgehead atoms. The maximum atomic E-state index is 13.2. The van der Waals surface area contributed by atoms with Gasteiger partial charge in [-0.2, -0.15) is 0 Å². The van der Waals surface area contributed by atoms with E-state index >= 15 is 0 Å². The van der Waals surface area contributed by atoms with Crippen LogP contribution in [0.15, 0.2) is 35.1 Å². The zero-order valence-corrected chi connectivity index (χ0v) is 17.1. The molecule has 0 atom stereocenters. The number of aromatic nitrogens is 2. The monoisotopic (exact) mass is 397 g/mol. The van der Waals surface area contributed by atoms with Crippen LogP contribution in [0, 0.1) is 0 Å². The minimum Gasteiger partial charge on any atom is -0.308 e. The standard InChI is InChI=1S/C18H28N3O5P/c1-5-25-27(23,26-6-2)18(3,4)12-15-16(20-17(22)19-15)21-24-13-14-10-8-7-9-11-14/h7-11,21H,5-6,12-13H2,1-4H3,(H2,19,20,22). The maximum Gasteiger partial charge on any atom is 0.336 e. The van der Waals surface area contributed by atoms with E-state index in [1.165, 1.54) is 0 Å². The first kappa shape index (κ1) is 21.4. The Labute approximate surface area is 159 Å². The second kappa shape index (κ2) is 9.37. The van der Waals surface area contributed by atoms with Crippen LogP contribution in [0.1, 0.15) is 39.0 Å². The fourth-order valence-electron chi connectivity index (χ4n) is 2.66. The Kier molecular flexibility index (Phi) is 7.44. The average molecular weight is 397 g/mol. The molecule has 0 fully saturated rings. The molecule has 27 heavy (non-hydrogen) atoms. The first-order valence-corrected chi connectivity index (χ1v) is 10.5. The molecule has 0 unspecified atom stereocenters. The SMILES string of the molecule is CCOP(=O)(OCC)C(C)(C)Cc1[nH]c(=O)[nH]c1NOCc1ccccc1. The average Bonchev–Trinajstić information content (AvgIpc) is 2.95. The largest absolute Gasteiger partial charge is 0.336 e. The van der Waals surface area contributed by atoms with Crippen LogP contribution in [0.3, 0.4) is 0 Å². The van der Waals surface area contributed by atoms with Gasteiger partial charge >= 0.3 is 13.3 Å². The summed E-state index contributed by atoms with van der Waals surface area (Å²) < 4.78 is 24.1. The molecule has 3 N–H and O–H groups in total. The van der Waals surface area contributed by atoms with Gasteiger partial charge in [0.05, 0.1) is 30.7 Å². The normalized spacial score (nSPS) is 12.3. The van der Waals surface area contributed by atoms with E-state index in [-0.39, 0.29) is 25.3 Å². The number of benzene rings is 1. The zero-order chi connectivity index (χ0) is 19.9. The van der Waals surface area contributed by atoms with Crippen molar-refractivity contribution in [1.82, 2.24) is 9.97 Å². The predicted octanol–water partition coefficient (Wildman–Crippen LogP) is 3.83. The van der Waals surface area contributed by atoms with Gasteiger partial charge in [-0.05, 0) is 33.3 Å². The lowest BCUT2D eigenvalue weighted by Gasteiger charge is -2.32. The molecule has 0 aliphatic rings. The molecule has 9 heteroatoms. The number of aromatic amines is 2. The number of anilines is 1. The van der Waals surface area contributed by atoms with Gasteiger partial charge in [0.2, 0.25) is 0 Å². The summed E-state index contributed by atoms with van der Waals surface area (Å²) in [5.41, 5.74) is 3.91. The highest BCUT2D eigenvalue weighted by Crippen LogP contribution is 2.60.